The highest BCUT2D eigenvalue weighted by atomic mass is 16.5. The molecule has 11 nitrogen and oxygen atoms in total. The molecule has 2 amide bonds. The summed E-state index contributed by atoms with van der Waals surface area (Å²) >= 11 is 0. The monoisotopic (exact) mass is 365 g/mol. The highest BCUT2D eigenvalue weighted by Crippen LogP contribution is 2.09. The quantitative estimate of drug-likeness (QED) is 0.668. The first-order valence-electron chi connectivity index (χ1n) is 7.74. The molecule has 2 heterocycles. The molecule has 0 aliphatic heterocycles. The number of aromatic nitrogens is 3. The number of aryl methyl sites for hydroxylation is 1. The summed E-state index contributed by atoms with van der Waals surface area (Å²) in [7, 11) is 1.23. The van der Waals surface area contributed by atoms with Crippen LogP contribution in [0.4, 0.5) is 5.82 Å². The van der Waals surface area contributed by atoms with E-state index in [-0.39, 0.29) is 29.9 Å². The molecule has 2 aromatic rings. The lowest BCUT2D eigenvalue weighted by Gasteiger charge is -2.18. The Morgan fingerprint density at radius 3 is 2.54 bits per heavy atom. The van der Waals surface area contributed by atoms with E-state index in [0.717, 1.165) is 0 Å². The summed E-state index contributed by atoms with van der Waals surface area (Å²) in [5.74, 6) is -1.54. The summed E-state index contributed by atoms with van der Waals surface area (Å²) in [5, 5.41) is 12.2. The van der Waals surface area contributed by atoms with E-state index in [1.54, 1.807) is 26.8 Å². The molecular weight excluding hydrogens is 346 g/mol. The number of nitrogens with one attached hydrogen (secondary N) is 2. The van der Waals surface area contributed by atoms with Crippen LogP contribution in [-0.4, -0.2) is 46.2 Å². The Balaban J connectivity index is 1.96. The van der Waals surface area contributed by atoms with Gasteiger partial charge in [0.1, 0.15) is 11.8 Å². The van der Waals surface area contributed by atoms with Crippen molar-refractivity contribution in [3.05, 3.63) is 23.5 Å². The van der Waals surface area contributed by atoms with Crippen LogP contribution in [0.1, 0.15) is 36.1 Å². The molecule has 0 saturated carbocycles. The van der Waals surface area contributed by atoms with Crippen molar-refractivity contribution < 1.29 is 28.2 Å². The highest BCUT2D eigenvalue weighted by molar-refractivity contribution is 5.93. The van der Waals surface area contributed by atoms with E-state index in [1.807, 2.05) is 0 Å². The van der Waals surface area contributed by atoms with Gasteiger partial charge in [0.25, 0.3) is 0 Å². The van der Waals surface area contributed by atoms with Crippen LogP contribution in [0.5, 0.6) is 0 Å². The third kappa shape index (κ3) is 4.88. The van der Waals surface area contributed by atoms with E-state index in [1.165, 1.54) is 7.11 Å². The summed E-state index contributed by atoms with van der Waals surface area (Å²) in [6, 6.07) is 0.688. The second kappa shape index (κ2) is 8.23. The van der Waals surface area contributed by atoms with Gasteiger partial charge in [-0.2, -0.15) is 4.98 Å². The summed E-state index contributed by atoms with van der Waals surface area (Å²) in [6.45, 7) is 5.18. The minimum Gasteiger partial charge on any atom is -0.467 e. The van der Waals surface area contributed by atoms with E-state index in [0.29, 0.717) is 5.76 Å². The van der Waals surface area contributed by atoms with Crippen molar-refractivity contribution in [3.63, 3.8) is 0 Å². The molecule has 0 spiro atoms. The van der Waals surface area contributed by atoms with Crippen molar-refractivity contribution in [1.29, 1.82) is 0 Å². The smallest absolute Gasteiger partial charge is 0.328 e. The second-order valence-corrected chi connectivity index (χ2v) is 5.78. The van der Waals surface area contributed by atoms with Gasteiger partial charge in [0.05, 0.1) is 13.5 Å². The van der Waals surface area contributed by atoms with E-state index >= 15 is 0 Å². The second-order valence-electron chi connectivity index (χ2n) is 5.78. The van der Waals surface area contributed by atoms with Gasteiger partial charge in [-0.15, -0.1) is 0 Å². The minimum atomic E-state index is -0.860. The molecule has 11 heteroatoms. The largest absolute Gasteiger partial charge is 0.467 e. The van der Waals surface area contributed by atoms with Crippen LogP contribution < -0.4 is 10.6 Å². The Morgan fingerprint density at radius 2 is 1.96 bits per heavy atom. The van der Waals surface area contributed by atoms with Gasteiger partial charge in [-0.05, 0) is 12.8 Å². The maximum Gasteiger partial charge on any atom is 0.328 e. The molecule has 26 heavy (non-hydrogen) atoms. The number of nitrogens with zero attached hydrogens (tertiary/aromatic N) is 3. The van der Waals surface area contributed by atoms with Crippen molar-refractivity contribution >= 4 is 23.6 Å². The highest BCUT2D eigenvalue weighted by Gasteiger charge is 2.28. The molecular formula is C15H19N5O6. The Kier molecular flexibility index (Phi) is 6.04. The summed E-state index contributed by atoms with van der Waals surface area (Å²) < 4.78 is 14.3. The number of ether oxygens (including phenoxy) is 1. The molecule has 0 aromatic carbocycles. The van der Waals surface area contributed by atoms with E-state index in [4.69, 9.17) is 9.05 Å². The number of hydrogen-bond acceptors (Lipinski definition) is 9. The van der Waals surface area contributed by atoms with Gasteiger partial charge in [0.2, 0.25) is 5.91 Å². The summed E-state index contributed by atoms with van der Waals surface area (Å²) in [5.41, 5.74) is 0. The molecule has 0 aliphatic carbocycles. The van der Waals surface area contributed by atoms with Gasteiger partial charge in [-0.3, -0.25) is 9.59 Å². The Morgan fingerprint density at radius 1 is 1.23 bits per heavy atom. The lowest BCUT2D eigenvalue weighted by Crippen LogP contribution is -2.45. The lowest BCUT2D eigenvalue weighted by atomic mass is 10.0. The van der Waals surface area contributed by atoms with Gasteiger partial charge in [0, 0.05) is 6.07 Å². The zero-order valence-corrected chi connectivity index (χ0v) is 14.7. The zero-order chi connectivity index (χ0) is 19.3. The normalized spacial score (nSPS) is 11.9. The zero-order valence-electron chi connectivity index (χ0n) is 14.7. The summed E-state index contributed by atoms with van der Waals surface area (Å²) in [6.07, 6.45) is -0.229. The number of amides is 2. The van der Waals surface area contributed by atoms with Crippen LogP contribution in [0.25, 0.3) is 0 Å². The Bertz CT molecular complexity index is 796. The maximum atomic E-state index is 12.1. The third-order valence-corrected chi connectivity index (χ3v) is 3.28. The first kappa shape index (κ1) is 19.1. The number of hydrogen-bond donors (Lipinski definition) is 2. The fraction of sp³-hybridized carbons (Fsp3) is 0.467. The molecule has 2 rings (SSSR count). The fourth-order valence-electron chi connectivity index (χ4n) is 2.00. The van der Waals surface area contributed by atoms with Crippen molar-refractivity contribution in [2.45, 2.75) is 33.2 Å². The van der Waals surface area contributed by atoms with Crippen molar-refractivity contribution in [2.24, 2.45) is 5.92 Å². The molecule has 0 radical (unpaired) electrons. The maximum absolute atomic E-state index is 12.1. The van der Waals surface area contributed by atoms with E-state index in [9.17, 15) is 14.4 Å². The summed E-state index contributed by atoms with van der Waals surface area (Å²) in [4.78, 5) is 39.5. The van der Waals surface area contributed by atoms with Gasteiger partial charge in [0.15, 0.2) is 11.6 Å². The molecule has 2 N–H and O–H groups in total. The number of carbonyl (C=O) groups is 3. The van der Waals surface area contributed by atoms with Crippen LogP contribution in [0.2, 0.25) is 0 Å². The Hall–Kier alpha value is -3.24. The Labute approximate surface area is 148 Å². The molecule has 2 aromatic heterocycles. The van der Waals surface area contributed by atoms with Gasteiger partial charge in [-0.1, -0.05) is 24.2 Å². The van der Waals surface area contributed by atoms with Gasteiger partial charge in [-0.25, -0.2) is 4.79 Å². The average Bonchev–Trinajstić information content (AvgIpc) is 3.20. The predicted octanol–water partition coefficient (Wildman–Crippen LogP) is 0.475. The van der Waals surface area contributed by atoms with Crippen LogP contribution in [0, 0.1) is 12.8 Å². The average molecular weight is 365 g/mol. The first-order chi connectivity index (χ1) is 12.3. The van der Waals surface area contributed by atoms with Crippen molar-refractivity contribution in [2.75, 3.05) is 12.4 Å². The van der Waals surface area contributed by atoms with E-state index in [2.05, 4.69) is 30.7 Å². The third-order valence-electron chi connectivity index (χ3n) is 3.28. The lowest BCUT2D eigenvalue weighted by molar-refractivity contribution is -0.144. The molecule has 0 saturated heterocycles. The first-order valence-corrected chi connectivity index (χ1v) is 7.74. The standard InChI is InChI=1S/C15H19N5O6/c1-7(2)12(15(23)24-4)18-13(22)14-17-10(20-26-14)6-11(21)16-9-5-8(3)25-19-9/h5,7,12H,6H2,1-4H3,(H,18,22)(H,16,19,21). The molecule has 1 atom stereocenters. The molecule has 1 unspecified atom stereocenters. The van der Waals surface area contributed by atoms with Gasteiger partial charge < -0.3 is 24.4 Å². The molecule has 0 bridgehead atoms. The van der Waals surface area contributed by atoms with Crippen LogP contribution in [-0.2, 0) is 20.7 Å². The van der Waals surface area contributed by atoms with E-state index < -0.39 is 23.8 Å². The minimum absolute atomic E-state index is 0.00651. The van der Waals surface area contributed by atoms with Gasteiger partial charge >= 0.3 is 17.8 Å². The SMILES string of the molecule is COC(=O)C(NC(=O)c1nc(CC(=O)Nc2cc(C)on2)no1)C(C)C. The number of esters is 1. The van der Waals surface area contributed by atoms with Crippen LogP contribution in [0.3, 0.4) is 0 Å². The number of anilines is 1. The number of carbonyl (C=O) groups excluding carboxylic acids is 3. The van der Waals surface area contributed by atoms with Crippen molar-refractivity contribution in [1.82, 2.24) is 20.6 Å². The topological polar surface area (TPSA) is 149 Å². The fourth-order valence-corrected chi connectivity index (χ4v) is 2.00. The van der Waals surface area contributed by atoms with Crippen molar-refractivity contribution in [3.8, 4) is 0 Å². The van der Waals surface area contributed by atoms with Crippen LogP contribution >= 0.6 is 0 Å². The predicted molar refractivity (Wildman–Crippen MR) is 86.0 cm³/mol. The van der Waals surface area contributed by atoms with Crippen LogP contribution in [0.15, 0.2) is 15.1 Å². The molecule has 140 valence electrons. The molecule has 0 fully saturated rings. The number of methoxy groups -OCH3 is 1. The number of rotatable bonds is 7. The molecule has 0 aliphatic rings.